The van der Waals surface area contributed by atoms with Gasteiger partial charge in [-0.2, -0.15) is 0 Å². The van der Waals surface area contributed by atoms with Crippen LogP contribution in [0.3, 0.4) is 0 Å². The molecule has 0 saturated heterocycles. The first kappa shape index (κ1) is 21.9. The third-order valence-electron chi connectivity index (χ3n) is 5.27. The Labute approximate surface area is 187 Å². The van der Waals surface area contributed by atoms with E-state index in [1.807, 2.05) is 45.0 Å². The summed E-state index contributed by atoms with van der Waals surface area (Å²) in [6.45, 7) is 7.31. The lowest BCUT2D eigenvalue weighted by Gasteiger charge is -2.32. The first-order valence-electron chi connectivity index (χ1n) is 10.6. The number of hydrogen-bond acceptors (Lipinski definition) is 5. The van der Waals surface area contributed by atoms with E-state index in [0.717, 1.165) is 16.7 Å². The van der Waals surface area contributed by atoms with Gasteiger partial charge >= 0.3 is 0 Å². The molecule has 1 amide bonds. The van der Waals surface area contributed by atoms with Crippen LogP contribution in [0.2, 0.25) is 0 Å². The van der Waals surface area contributed by atoms with Gasteiger partial charge in [-0.05, 0) is 49.6 Å². The average Bonchev–Trinajstić information content (AvgIpc) is 2.93. The van der Waals surface area contributed by atoms with Gasteiger partial charge in [0.05, 0.1) is 5.56 Å². The molecule has 2 heterocycles. The Balaban J connectivity index is 1.72. The Hall–Kier alpha value is -3.32. The van der Waals surface area contributed by atoms with Crippen LogP contribution in [0.25, 0.3) is 11.1 Å². The number of aromatic nitrogens is 2. The number of fused-ring (bicyclic) bond motifs is 1. The third-order valence-corrected chi connectivity index (χ3v) is 5.27. The van der Waals surface area contributed by atoms with E-state index in [4.69, 9.17) is 4.74 Å². The normalized spacial score (nSPS) is 16.6. The van der Waals surface area contributed by atoms with Gasteiger partial charge in [0.2, 0.25) is 11.8 Å². The van der Waals surface area contributed by atoms with Crippen molar-refractivity contribution < 1.29 is 13.9 Å². The quantitative estimate of drug-likeness (QED) is 0.669. The number of rotatable bonds is 4. The number of nitrogens with zero attached hydrogens (tertiary/aromatic N) is 3. The lowest BCUT2D eigenvalue weighted by Crippen LogP contribution is -2.47. The van der Waals surface area contributed by atoms with Crippen molar-refractivity contribution in [2.45, 2.75) is 38.9 Å². The highest BCUT2D eigenvalue weighted by Gasteiger charge is 2.35. The van der Waals surface area contributed by atoms with E-state index in [1.165, 1.54) is 18.5 Å². The van der Waals surface area contributed by atoms with Gasteiger partial charge in [-0.15, -0.1) is 0 Å². The van der Waals surface area contributed by atoms with Gasteiger partial charge in [-0.3, -0.25) is 9.69 Å². The molecule has 2 aromatic carbocycles. The van der Waals surface area contributed by atoms with Crippen LogP contribution < -0.4 is 10.1 Å². The van der Waals surface area contributed by atoms with Crippen LogP contribution in [-0.2, 0) is 11.3 Å². The summed E-state index contributed by atoms with van der Waals surface area (Å²) in [5.41, 5.74) is 3.21. The van der Waals surface area contributed by atoms with Crippen molar-refractivity contribution in [1.82, 2.24) is 20.2 Å². The summed E-state index contributed by atoms with van der Waals surface area (Å²) in [6.07, 6.45) is 3.08. The number of ether oxygens (including phenoxy) is 1. The zero-order valence-corrected chi connectivity index (χ0v) is 18.5. The van der Waals surface area contributed by atoms with E-state index in [9.17, 15) is 9.18 Å². The highest BCUT2D eigenvalue weighted by Crippen LogP contribution is 2.33. The number of carbonyl (C=O) groups is 1. The molecular weight excluding hydrogens is 407 g/mol. The monoisotopic (exact) mass is 434 g/mol. The minimum Gasteiger partial charge on any atom is -0.476 e. The van der Waals surface area contributed by atoms with Crippen LogP contribution in [0.15, 0.2) is 61.1 Å². The molecular formula is C25H27FN4O2. The zero-order chi connectivity index (χ0) is 22.7. The molecule has 32 heavy (non-hydrogen) atoms. The van der Waals surface area contributed by atoms with Crippen molar-refractivity contribution in [3.05, 3.63) is 78.0 Å². The van der Waals surface area contributed by atoms with Gasteiger partial charge in [0.25, 0.3) is 0 Å². The molecule has 3 aromatic rings. The van der Waals surface area contributed by atoms with Gasteiger partial charge in [0, 0.05) is 24.8 Å². The summed E-state index contributed by atoms with van der Waals surface area (Å²) in [5.74, 6) is 0.0353. The molecule has 166 valence electrons. The SMILES string of the molecule is CC(C)(C)NC(=O)C1c2cncnc2OCCN1Cc1ccccc1-c1ccc(F)cc1. The van der Waals surface area contributed by atoms with Crippen molar-refractivity contribution in [2.75, 3.05) is 13.2 Å². The van der Waals surface area contributed by atoms with E-state index in [2.05, 4.69) is 20.2 Å². The highest BCUT2D eigenvalue weighted by atomic mass is 19.1. The summed E-state index contributed by atoms with van der Waals surface area (Å²) >= 11 is 0. The smallest absolute Gasteiger partial charge is 0.242 e. The van der Waals surface area contributed by atoms with Crippen molar-refractivity contribution >= 4 is 5.91 Å². The summed E-state index contributed by atoms with van der Waals surface area (Å²) in [4.78, 5) is 23.9. The number of benzene rings is 2. The van der Waals surface area contributed by atoms with Crippen molar-refractivity contribution in [1.29, 1.82) is 0 Å². The topological polar surface area (TPSA) is 67.3 Å². The molecule has 1 aliphatic rings. The van der Waals surface area contributed by atoms with Gasteiger partial charge in [-0.25, -0.2) is 14.4 Å². The second-order valence-electron chi connectivity index (χ2n) is 8.91. The van der Waals surface area contributed by atoms with Crippen LogP contribution in [0.5, 0.6) is 5.88 Å². The van der Waals surface area contributed by atoms with Crippen LogP contribution in [0.1, 0.15) is 37.9 Å². The van der Waals surface area contributed by atoms with Gasteiger partial charge in [0.15, 0.2) is 0 Å². The lowest BCUT2D eigenvalue weighted by molar-refractivity contribution is -0.128. The maximum atomic E-state index is 13.5. The Morgan fingerprint density at radius 3 is 2.69 bits per heavy atom. The first-order valence-corrected chi connectivity index (χ1v) is 10.6. The van der Waals surface area contributed by atoms with E-state index < -0.39 is 11.6 Å². The fraction of sp³-hybridized carbons (Fsp3) is 0.320. The Morgan fingerprint density at radius 1 is 1.19 bits per heavy atom. The van der Waals surface area contributed by atoms with Gasteiger partial charge in [-0.1, -0.05) is 36.4 Å². The molecule has 1 aromatic heterocycles. The van der Waals surface area contributed by atoms with E-state index in [1.54, 1.807) is 18.3 Å². The third kappa shape index (κ3) is 4.94. The number of hydrogen-bond donors (Lipinski definition) is 1. The summed E-state index contributed by atoms with van der Waals surface area (Å²) in [6, 6.07) is 13.8. The Bertz CT molecular complexity index is 1100. The molecule has 0 aliphatic carbocycles. The van der Waals surface area contributed by atoms with Crippen LogP contribution >= 0.6 is 0 Å². The maximum absolute atomic E-state index is 13.5. The molecule has 0 saturated carbocycles. The largest absolute Gasteiger partial charge is 0.476 e. The van der Waals surface area contributed by atoms with Gasteiger partial charge < -0.3 is 10.1 Å². The van der Waals surface area contributed by atoms with E-state index >= 15 is 0 Å². The molecule has 0 spiro atoms. The Morgan fingerprint density at radius 2 is 1.94 bits per heavy atom. The first-order chi connectivity index (χ1) is 15.3. The molecule has 1 atom stereocenters. The highest BCUT2D eigenvalue weighted by molar-refractivity contribution is 5.84. The van der Waals surface area contributed by atoms with Crippen LogP contribution in [0.4, 0.5) is 4.39 Å². The van der Waals surface area contributed by atoms with Crippen molar-refractivity contribution in [3.63, 3.8) is 0 Å². The second-order valence-corrected chi connectivity index (χ2v) is 8.91. The molecule has 1 N–H and O–H groups in total. The van der Waals surface area contributed by atoms with Crippen molar-refractivity contribution in [3.8, 4) is 17.0 Å². The lowest BCUT2D eigenvalue weighted by atomic mass is 9.98. The summed E-state index contributed by atoms with van der Waals surface area (Å²) < 4.78 is 19.3. The molecule has 4 rings (SSSR count). The van der Waals surface area contributed by atoms with E-state index in [0.29, 0.717) is 31.1 Å². The number of carbonyl (C=O) groups excluding carboxylic acids is 1. The molecule has 7 heteroatoms. The predicted molar refractivity (Wildman–Crippen MR) is 120 cm³/mol. The fourth-order valence-corrected chi connectivity index (χ4v) is 3.93. The minimum absolute atomic E-state index is 0.127. The Kier molecular flexibility index (Phi) is 6.19. The maximum Gasteiger partial charge on any atom is 0.242 e. The zero-order valence-electron chi connectivity index (χ0n) is 18.5. The minimum atomic E-state index is -0.603. The van der Waals surface area contributed by atoms with Crippen molar-refractivity contribution in [2.24, 2.45) is 0 Å². The molecule has 1 unspecified atom stereocenters. The number of amides is 1. The molecule has 6 nitrogen and oxygen atoms in total. The number of nitrogens with one attached hydrogen (secondary N) is 1. The molecule has 0 radical (unpaired) electrons. The molecule has 0 bridgehead atoms. The summed E-state index contributed by atoms with van der Waals surface area (Å²) in [7, 11) is 0. The average molecular weight is 435 g/mol. The van der Waals surface area contributed by atoms with E-state index in [-0.39, 0.29) is 11.7 Å². The molecule has 1 aliphatic heterocycles. The standard InChI is InChI=1S/C25H27FN4O2/c1-25(2,3)29-23(31)22-21-14-27-16-28-24(21)32-13-12-30(22)15-18-6-4-5-7-20(18)17-8-10-19(26)11-9-17/h4-11,14,16,22H,12-13,15H2,1-3H3,(H,29,31). The van der Waals surface area contributed by atoms with Gasteiger partial charge in [0.1, 0.15) is 24.8 Å². The van der Waals surface area contributed by atoms with Crippen LogP contribution in [0, 0.1) is 5.82 Å². The fourth-order valence-electron chi connectivity index (χ4n) is 3.93. The number of halogens is 1. The summed E-state index contributed by atoms with van der Waals surface area (Å²) in [5, 5.41) is 3.09. The van der Waals surface area contributed by atoms with Crippen LogP contribution in [-0.4, -0.2) is 39.5 Å². The molecule has 0 fully saturated rings. The predicted octanol–water partition coefficient (Wildman–Crippen LogP) is 4.13. The second kappa shape index (κ2) is 9.04.